The monoisotopic (exact) mass is 415 g/mol. The van der Waals surface area contributed by atoms with E-state index >= 15 is 0 Å². The van der Waals surface area contributed by atoms with Crippen LogP contribution < -0.4 is 10.6 Å². The van der Waals surface area contributed by atoms with Crippen molar-refractivity contribution in [2.75, 3.05) is 5.32 Å². The molecule has 0 bridgehead atoms. The van der Waals surface area contributed by atoms with Crippen molar-refractivity contribution in [2.24, 2.45) is 10.2 Å². The van der Waals surface area contributed by atoms with Gasteiger partial charge >= 0.3 is 0 Å². The Bertz CT molecular complexity index is 1010. The lowest BCUT2D eigenvalue weighted by atomic mass is 10.2. The summed E-state index contributed by atoms with van der Waals surface area (Å²) in [6.45, 7) is 0. The number of carbonyl (C=O) groups excluding carboxylic acids is 2. The number of benzene rings is 2. The van der Waals surface area contributed by atoms with Gasteiger partial charge in [0.15, 0.2) is 5.17 Å². The number of nitrogens with one attached hydrogen (secondary N) is 2. The minimum Gasteiger partial charge on any atom is -0.326 e. The smallest absolute Gasteiger partial charge is 0.270 e. The molecule has 0 aromatic heterocycles. The highest BCUT2D eigenvalue weighted by atomic mass is 32.2. The number of nitrogens with zero attached hydrogens (tertiary/aromatic N) is 3. The van der Waals surface area contributed by atoms with Crippen molar-refractivity contribution in [2.45, 2.75) is 11.7 Å². The number of halogens is 1. The number of anilines is 1. The van der Waals surface area contributed by atoms with E-state index in [1.807, 2.05) is 0 Å². The first-order valence-electron chi connectivity index (χ1n) is 8.29. The van der Waals surface area contributed by atoms with Gasteiger partial charge in [-0.3, -0.25) is 19.7 Å². The zero-order valence-corrected chi connectivity index (χ0v) is 15.6. The van der Waals surface area contributed by atoms with Crippen molar-refractivity contribution < 1.29 is 18.9 Å². The first-order valence-corrected chi connectivity index (χ1v) is 9.17. The largest absolute Gasteiger partial charge is 0.326 e. The van der Waals surface area contributed by atoms with Crippen LogP contribution in [-0.2, 0) is 9.59 Å². The summed E-state index contributed by atoms with van der Waals surface area (Å²) in [4.78, 5) is 34.3. The molecule has 11 heteroatoms. The van der Waals surface area contributed by atoms with Crippen molar-refractivity contribution in [1.82, 2.24) is 5.32 Å². The van der Waals surface area contributed by atoms with Gasteiger partial charge in [-0.05, 0) is 24.3 Å². The van der Waals surface area contributed by atoms with E-state index in [-0.39, 0.29) is 23.2 Å². The molecule has 2 aromatic carbocycles. The fourth-order valence-electron chi connectivity index (χ4n) is 2.37. The van der Waals surface area contributed by atoms with E-state index < -0.39 is 21.9 Å². The summed E-state index contributed by atoms with van der Waals surface area (Å²) < 4.78 is 12.9. The Morgan fingerprint density at radius 1 is 1.31 bits per heavy atom. The second-order valence-corrected chi connectivity index (χ2v) is 7.05. The van der Waals surface area contributed by atoms with Crippen LogP contribution in [0.15, 0.2) is 58.7 Å². The van der Waals surface area contributed by atoms with Gasteiger partial charge in [-0.1, -0.05) is 23.9 Å². The quantitative estimate of drug-likeness (QED) is 0.426. The maximum absolute atomic E-state index is 12.9. The summed E-state index contributed by atoms with van der Waals surface area (Å²) in [5, 5.41) is 23.1. The number of non-ortho nitro benzene ring substituents is 1. The average Bonchev–Trinajstić information content (AvgIpc) is 3.03. The molecule has 3 rings (SSSR count). The molecule has 2 aromatic rings. The van der Waals surface area contributed by atoms with Crippen LogP contribution in [0.1, 0.15) is 12.0 Å². The number of nitro benzene ring substituents is 1. The highest BCUT2D eigenvalue weighted by molar-refractivity contribution is 8.15. The van der Waals surface area contributed by atoms with Crippen molar-refractivity contribution in [3.63, 3.8) is 0 Å². The molecule has 29 heavy (non-hydrogen) atoms. The second kappa shape index (κ2) is 9.06. The number of hydrogen-bond donors (Lipinski definition) is 2. The molecule has 1 atom stereocenters. The Hall–Kier alpha value is -3.60. The zero-order valence-electron chi connectivity index (χ0n) is 14.7. The van der Waals surface area contributed by atoms with Crippen LogP contribution >= 0.6 is 11.8 Å². The van der Waals surface area contributed by atoms with E-state index in [0.717, 1.165) is 11.8 Å². The van der Waals surface area contributed by atoms with Gasteiger partial charge in [0, 0.05) is 29.8 Å². The topological polar surface area (TPSA) is 126 Å². The molecule has 2 amide bonds. The Morgan fingerprint density at radius 2 is 2.07 bits per heavy atom. The van der Waals surface area contributed by atoms with Gasteiger partial charge < -0.3 is 10.6 Å². The lowest BCUT2D eigenvalue weighted by molar-refractivity contribution is -0.384. The summed E-state index contributed by atoms with van der Waals surface area (Å²) in [6, 6.07) is 11.1. The molecule has 1 aliphatic rings. The molecule has 1 saturated heterocycles. The fourth-order valence-corrected chi connectivity index (χ4v) is 3.29. The van der Waals surface area contributed by atoms with Crippen LogP contribution in [0.5, 0.6) is 0 Å². The second-order valence-electron chi connectivity index (χ2n) is 5.86. The Labute approximate surface area is 168 Å². The molecule has 2 N–H and O–H groups in total. The number of thioether (sulfide) groups is 1. The van der Waals surface area contributed by atoms with E-state index in [1.165, 1.54) is 48.7 Å². The summed E-state index contributed by atoms with van der Waals surface area (Å²) in [6.07, 6.45) is 1.22. The summed E-state index contributed by atoms with van der Waals surface area (Å²) in [5.41, 5.74) is 0.834. The first kappa shape index (κ1) is 20.1. The number of carbonyl (C=O) groups is 2. The number of nitro groups is 1. The molecular weight excluding hydrogens is 401 g/mol. The summed E-state index contributed by atoms with van der Waals surface area (Å²) in [7, 11) is 0. The van der Waals surface area contributed by atoms with Crippen molar-refractivity contribution in [3.8, 4) is 0 Å². The number of hydrogen-bond acceptors (Lipinski definition) is 7. The van der Waals surface area contributed by atoms with Gasteiger partial charge in [0.2, 0.25) is 11.8 Å². The molecule has 0 saturated carbocycles. The van der Waals surface area contributed by atoms with E-state index in [9.17, 15) is 24.1 Å². The predicted octanol–water partition coefficient (Wildman–Crippen LogP) is 2.68. The van der Waals surface area contributed by atoms with Crippen LogP contribution in [0.2, 0.25) is 0 Å². The van der Waals surface area contributed by atoms with E-state index in [0.29, 0.717) is 11.3 Å². The van der Waals surface area contributed by atoms with Crippen molar-refractivity contribution >= 4 is 46.3 Å². The maximum Gasteiger partial charge on any atom is 0.270 e. The molecule has 148 valence electrons. The third-order valence-electron chi connectivity index (χ3n) is 3.71. The molecule has 1 heterocycles. The molecule has 1 aliphatic heterocycles. The Balaban J connectivity index is 1.56. The fraction of sp³-hybridized carbons (Fsp3) is 0.111. The van der Waals surface area contributed by atoms with Crippen LogP contribution in [-0.4, -0.2) is 33.4 Å². The Morgan fingerprint density at radius 3 is 2.79 bits per heavy atom. The molecule has 1 fully saturated rings. The predicted molar refractivity (Wildman–Crippen MR) is 107 cm³/mol. The molecule has 1 unspecified atom stereocenters. The van der Waals surface area contributed by atoms with Gasteiger partial charge in [-0.25, -0.2) is 4.39 Å². The molecule has 0 radical (unpaired) electrons. The lowest BCUT2D eigenvalue weighted by Gasteiger charge is -2.07. The van der Waals surface area contributed by atoms with Crippen LogP contribution in [0.3, 0.4) is 0 Å². The van der Waals surface area contributed by atoms with Gasteiger partial charge in [0.25, 0.3) is 5.69 Å². The van der Waals surface area contributed by atoms with Crippen molar-refractivity contribution in [1.29, 1.82) is 0 Å². The minimum absolute atomic E-state index is 0.0719. The lowest BCUT2D eigenvalue weighted by Crippen LogP contribution is -2.28. The van der Waals surface area contributed by atoms with E-state index in [1.54, 1.807) is 6.07 Å². The highest BCUT2D eigenvalue weighted by Gasteiger charge is 2.32. The third-order valence-corrected chi connectivity index (χ3v) is 4.78. The number of amidine groups is 1. The first-order chi connectivity index (χ1) is 13.9. The number of rotatable bonds is 6. The summed E-state index contributed by atoms with van der Waals surface area (Å²) in [5.74, 6) is -1.19. The molecular formula is C18H14FN5O4S. The van der Waals surface area contributed by atoms with Crippen LogP contribution in [0, 0.1) is 15.9 Å². The van der Waals surface area contributed by atoms with E-state index in [2.05, 4.69) is 20.8 Å². The molecule has 0 aliphatic carbocycles. The average molecular weight is 415 g/mol. The molecule has 9 nitrogen and oxygen atoms in total. The van der Waals surface area contributed by atoms with Gasteiger partial charge in [0.05, 0.1) is 11.1 Å². The van der Waals surface area contributed by atoms with Crippen LogP contribution in [0.4, 0.5) is 15.8 Å². The van der Waals surface area contributed by atoms with Crippen LogP contribution in [0.25, 0.3) is 0 Å². The Kier molecular flexibility index (Phi) is 6.29. The van der Waals surface area contributed by atoms with Gasteiger partial charge in [-0.2, -0.15) is 5.10 Å². The SMILES string of the molecule is O=C(CC1S/C(=N/N=C/c2cccc([N+](=O)[O-])c2)NC1=O)Nc1ccc(F)cc1. The maximum atomic E-state index is 12.9. The minimum atomic E-state index is -0.679. The van der Waals surface area contributed by atoms with Gasteiger partial charge in [-0.15, -0.1) is 5.10 Å². The third kappa shape index (κ3) is 5.69. The summed E-state index contributed by atoms with van der Waals surface area (Å²) >= 11 is 1.05. The number of amides is 2. The standard InChI is InChI=1S/C18H14FN5O4S/c19-12-4-6-13(7-5-12)21-16(25)9-15-17(26)22-18(29-15)23-20-10-11-2-1-3-14(8-11)24(27)28/h1-8,10,15H,9H2,(H,21,25)(H,22,23,26)/b20-10+. The normalized spacial score (nSPS) is 17.5. The zero-order chi connectivity index (χ0) is 20.8. The van der Waals surface area contributed by atoms with Crippen molar-refractivity contribution in [3.05, 3.63) is 70.0 Å². The highest BCUT2D eigenvalue weighted by Crippen LogP contribution is 2.23. The van der Waals surface area contributed by atoms with Gasteiger partial charge in [0.1, 0.15) is 11.1 Å². The molecule has 0 spiro atoms. The van der Waals surface area contributed by atoms with E-state index in [4.69, 9.17) is 0 Å².